The van der Waals surface area contributed by atoms with E-state index in [9.17, 15) is 0 Å². The van der Waals surface area contributed by atoms with E-state index in [1.54, 1.807) is 0 Å². The van der Waals surface area contributed by atoms with Crippen LogP contribution in [0.4, 0.5) is 0 Å². The molecule has 0 radical (unpaired) electrons. The summed E-state index contributed by atoms with van der Waals surface area (Å²) in [6.07, 6.45) is 5.58. The van der Waals surface area contributed by atoms with Gasteiger partial charge in [0.1, 0.15) is 6.71 Å². The van der Waals surface area contributed by atoms with Crippen molar-refractivity contribution in [1.82, 2.24) is 5.32 Å². The molecule has 0 aromatic carbocycles. The molecule has 0 amide bonds. The maximum atomic E-state index is 3.41. The van der Waals surface area contributed by atoms with Crippen LogP contribution >= 0.6 is 0 Å². The van der Waals surface area contributed by atoms with E-state index in [2.05, 4.69) is 19.1 Å². The highest BCUT2D eigenvalue weighted by Gasteiger charge is 2.21. The molecule has 1 aliphatic rings. The highest BCUT2D eigenvalue weighted by atomic mass is 14.9. The second-order valence-electron chi connectivity index (χ2n) is 3.85. The highest BCUT2D eigenvalue weighted by Crippen LogP contribution is 2.24. The van der Waals surface area contributed by atoms with Crippen molar-refractivity contribution < 1.29 is 0 Å². The zero-order chi connectivity index (χ0) is 8.10. The number of hydrogen-bond donors (Lipinski definition) is 1. The van der Waals surface area contributed by atoms with Gasteiger partial charge in [0.25, 0.3) is 0 Å². The standard InChI is InChI=1S/C9H20BN/c1-3-6-10(2)9-4-7-11-8-5-9/h9,11H,3-8H2,1-2H3. The Morgan fingerprint density at radius 1 is 1.36 bits per heavy atom. The SMILES string of the molecule is CCCB(C)C1CCNCC1. The minimum atomic E-state index is 0.960. The summed E-state index contributed by atoms with van der Waals surface area (Å²) in [6, 6.07) is 0. The van der Waals surface area contributed by atoms with Gasteiger partial charge in [0, 0.05) is 0 Å². The smallest absolute Gasteiger partial charge is 0.140 e. The average molecular weight is 153 g/mol. The molecule has 0 aliphatic carbocycles. The summed E-state index contributed by atoms with van der Waals surface area (Å²) < 4.78 is 0. The van der Waals surface area contributed by atoms with Gasteiger partial charge in [0.15, 0.2) is 0 Å². The van der Waals surface area contributed by atoms with Crippen LogP contribution in [0.2, 0.25) is 19.0 Å². The van der Waals surface area contributed by atoms with E-state index in [1.165, 1.54) is 38.7 Å². The molecule has 1 nitrogen and oxygen atoms in total. The van der Waals surface area contributed by atoms with Gasteiger partial charge in [-0.3, -0.25) is 0 Å². The lowest BCUT2D eigenvalue weighted by atomic mass is 9.39. The van der Waals surface area contributed by atoms with Gasteiger partial charge in [-0.2, -0.15) is 0 Å². The number of rotatable bonds is 3. The lowest BCUT2D eigenvalue weighted by Crippen LogP contribution is -2.31. The summed E-state index contributed by atoms with van der Waals surface area (Å²) in [5.41, 5.74) is 0. The van der Waals surface area contributed by atoms with Crippen molar-refractivity contribution in [2.75, 3.05) is 13.1 Å². The summed E-state index contributed by atoms with van der Waals surface area (Å²) in [6.45, 7) is 8.16. The van der Waals surface area contributed by atoms with Crippen LogP contribution in [0.15, 0.2) is 0 Å². The molecule has 0 unspecified atom stereocenters. The molecule has 0 saturated carbocycles. The van der Waals surface area contributed by atoms with Crippen LogP contribution < -0.4 is 5.32 Å². The molecule has 1 N–H and O–H groups in total. The van der Waals surface area contributed by atoms with E-state index >= 15 is 0 Å². The van der Waals surface area contributed by atoms with Gasteiger partial charge in [0.2, 0.25) is 0 Å². The van der Waals surface area contributed by atoms with E-state index in [-0.39, 0.29) is 0 Å². The Morgan fingerprint density at radius 3 is 2.55 bits per heavy atom. The van der Waals surface area contributed by atoms with E-state index in [4.69, 9.17) is 0 Å². The summed E-state index contributed by atoms with van der Waals surface area (Å²) in [7, 11) is 0. The minimum Gasteiger partial charge on any atom is -0.317 e. The molecule has 2 heteroatoms. The normalized spacial score (nSPS) is 20.2. The quantitative estimate of drug-likeness (QED) is 0.613. The van der Waals surface area contributed by atoms with Gasteiger partial charge >= 0.3 is 0 Å². The van der Waals surface area contributed by atoms with Crippen LogP contribution in [0.1, 0.15) is 26.2 Å². The fourth-order valence-corrected chi connectivity index (χ4v) is 2.10. The van der Waals surface area contributed by atoms with Crippen LogP contribution in [0, 0.1) is 0 Å². The molecule has 64 valence electrons. The fourth-order valence-electron chi connectivity index (χ4n) is 2.10. The molecule has 0 aromatic rings. The van der Waals surface area contributed by atoms with Gasteiger partial charge in [-0.05, 0) is 25.9 Å². The molecule has 0 spiro atoms. The van der Waals surface area contributed by atoms with Crippen LogP contribution in [-0.2, 0) is 0 Å². The third-order valence-electron chi connectivity index (χ3n) is 2.93. The molecule has 1 aliphatic heterocycles. The first-order chi connectivity index (χ1) is 5.34. The monoisotopic (exact) mass is 153 g/mol. The Kier molecular flexibility index (Phi) is 3.99. The van der Waals surface area contributed by atoms with Crippen molar-refractivity contribution >= 4 is 6.71 Å². The Balaban J connectivity index is 2.21. The predicted molar refractivity (Wildman–Crippen MR) is 52.6 cm³/mol. The van der Waals surface area contributed by atoms with Crippen molar-refractivity contribution in [3.8, 4) is 0 Å². The molecular formula is C9H20BN. The van der Waals surface area contributed by atoms with E-state index in [1.807, 2.05) is 0 Å². The molecule has 1 fully saturated rings. The minimum absolute atomic E-state index is 0.960. The van der Waals surface area contributed by atoms with Crippen molar-refractivity contribution in [1.29, 1.82) is 0 Å². The maximum absolute atomic E-state index is 3.41. The zero-order valence-electron chi connectivity index (χ0n) is 7.90. The third kappa shape index (κ3) is 2.86. The lowest BCUT2D eigenvalue weighted by Gasteiger charge is -2.26. The Morgan fingerprint density at radius 2 is 2.00 bits per heavy atom. The average Bonchev–Trinajstić information content (AvgIpc) is 2.07. The van der Waals surface area contributed by atoms with Crippen LogP contribution in [0.5, 0.6) is 0 Å². The second-order valence-corrected chi connectivity index (χ2v) is 3.85. The largest absolute Gasteiger partial charge is 0.317 e. The summed E-state index contributed by atoms with van der Waals surface area (Å²) >= 11 is 0. The Labute approximate surface area is 71.0 Å². The van der Waals surface area contributed by atoms with Gasteiger partial charge < -0.3 is 5.32 Å². The lowest BCUT2D eigenvalue weighted by molar-refractivity contribution is 0.511. The first kappa shape index (κ1) is 9.12. The summed E-state index contributed by atoms with van der Waals surface area (Å²) in [5.74, 6) is 1.01. The van der Waals surface area contributed by atoms with Crippen LogP contribution in [-0.4, -0.2) is 19.8 Å². The first-order valence-corrected chi connectivity index (χ1v) is 5.05. The van der Waals surface area contributed by atoms with Crippen LogP contribution in [0.25, 0.3) is 0 Å². The molecule has 0 aromatic heterocycles. The van der Waals surface area contributed by atoms with E-state index in [0.29, 0.717) is 0 Å². The van der Waals surface area contributed by atoms with Crippen molar-refractivity contribution in [3.63, 3.8) is 0 Å². The van der Waals surface area contributed by atoms with Gasteiger partial charge in [-0.25, -0.2) is 0 Å². The fraction of sp³-hybridized carbons (Fsp3) is 1.00. The molecule has 0 bridgehead atoms. The summed E-state index contributed by atoms with van der Waals surface area (Å²) in [5, 5.41) is 3.41. The van der Waals surface area contributed by atoms with Crippen LogP contribution in [0.3, 0.4) is 0 Å². The highest BCUT2D eigenvalue weighted by molar-refractivity contribution is 6.59. The van der Waals surface area contributed by atoms with Crippen molar-refractivity contribution in [3.05, 3.63) is 0 Å². The van der Waals surface area contributed by atoms with Gasteiger partial charge in [-0.1, -0.05) is 32.3 Å². The third-order valence-corrected chi connectivity index (χ3v) is 2.93. The molecule has 1 rings (SSSR count). The first-order valence-electron chi connectivity index (χ1n) is 5.05. The molecule has 11 heavy (non-hydrogen) atoms. The zero-order valence-corrected chi connectivity index (χ0v) is 7.90. The predicted octanol–water partition coefficient (Wildman–Crippen LogP) is 2.27. The molecule has 1 heterocycles. The summed E-state index contributed by atoms with van der Waals surface area (Å²) in [4.78, 5) is 0. The molecule has 0 atom stereocenters. The topological polar surface area (TPSA) is 12.0 Å². The second kappa shape index (κ2) is 4.81. The number of hydrogen-bond acceptors (Lipinski definition) is 1. The number of piperidine rings is 1. The number of nitrogens with one attached hydrogen (secondary N) is 1. The Hall–Kier alpha value is 0.0249. The molecular weight excluding hydrogens is 133 g/mol. The Bertz CT molecular complexity index is 99.7. The van der Waals surface area contributed by atoms with E-state index < -0.39 is 0 Å². The van der Waals surface area contributed by atoms with Gasteiger partial charge in [-0.15, -0.1) is 0 Å². The van der Waals surface area contributed by atoms with Gasteiger partial charge in [0.05, 0.1) is 0 Å². The van der Waals surface area contributed by atoms with Crippen molar-refractivity contribution in [2.45, 2.75) is 45.1 Å². The van der Waals surface area contributed by atoms with Crippen molar-refractivity contribution in [2.24, 2.45) is 0 Å². The van der Waals surface area contributed by atoms with E-state index in [0.717, 1.165) is 12.5 Å². The maximum Gasteiger partial charge on any atom is 0.140 e. The molecule has 1 saturated heterocycles.